The Kier molecular flexibility index (Phi) is 5.07. The summed E-state index contributed by atoms with van der Waals surface area (Å²) >= 11 is 0. The number of carbonyl (C=O) groups is 1. The van der Waals surface area contributed by atoms with Crippen molar-refractivity contribution in [3.05, 3.63) is 24.0 Å². The number of nitrogens with zero attached hydrogens (tertiary/aromatic N) is 2. The van der Waals surface area contributed by atoms with Gasteiger partial charge in [0.2, 0.25) is 0 Å². The lowest BCUT2D eigenvalue weighted by Crippen LogP contribution is -2.19. The molecular weight excluding hydrogens is 192 g/mol. The molecule has 0 saturated heterocycles. The zero-order valence-corrected chi connectivity index (χ0v) is 9.35. The van der Waals surface area contributed by atoms with E-state index >= 15 is 0 Å². The zero-order valence-electron chi connectivity index (χ0n) is 9.35. The first kappa shape index (κ1) is 11.9. The van der Waals surface area contributed by atoms with Crippen LogP contribution in [0.3, 0.4) is 0 Å². The Morgan fingerprint density at radius 3 is 2.93 bits per heavy atom. The molecule has 0 aliphatic rings. The minimum atomic E-state index is 0.642. The van der Waals surface area contributed by atoms with E-state index < -0.39 is 0 Å². The summed E-state index contributed by atoms with van der Waals surface area (Å²) in [4.78, 5) is 12.7. The molecule has 0 radical (unpaired) electrons. The number of ether oxygens (including phenoxy) is 1. The van der Waals surface area contributed by atoms with Gasteiger partial charge in [-0.1, -0.05) is 0 Å². The molecule has 0 bridgehead atoms. The monoisotopic (exact) mass is 210 g/mol. The lowest BCUT2D eigenvalue weighted by Gasteiger charge is -2.10. The van der Waals surface area contributed by atoms with Crippen molar-refractivity contribution < 1.29 is 9.53 Å². The lowest BCUT2D eigenvalue weighted by atomic mass is 10.5. The van der Waals surface area contributed by atoms with E-state index in [1.54, 1.807) is 6.07 Å². The van der Waals surface area contributed by atoms with Gasteiger partial charge in [-0.2, -0.15) is 0 Å². The molecule has 0 aromatic carbocycles. The highest BCUT2D eigenvalue weighted by Gasteiger charge is 1.98. The summed E-state index contributed by atoms with van der Waals surface area (Å²) in [6.07, 6.45) is 2.75. The Labute approximate surface area is 90.4 Å². The van der Waals surface area contributed by atoms with Crippen molar-refractivity contribution in [2.24, 2.45) is 0 Å². The summed E-state index contributed by atoms with van der Waals surface area (Å²) in [6.45, 7) is 3.02. The SMILES string of the molecule is CN(C)CCOCCn1cccc1C=O. The molecular formula is C11H18N2O2. The van der Waals surface area contributed by atoms with Crippen molar-refractivity contribution in [1.29, 1.82) is 0 Å². The molecule has 4 nitrogen and oxygen atoms in total. The smallest absolute Gasteiger partial charge is 0.166 e. The van der Waals surface area contributed by atoms with Gasteiger partial charge in [-0.3, -0.25) is 4.79 Å². The molecule has 0 N–H and O–H groups in total. The van der Waals surface area contributed by atoms with E-state index in [4.69, 9.17) is 4.74 Å². The number of likely N-dealkylation sites (N-methyl/N-ethyl adjacent to an activating group) is 1. The molecule has 0 amide bonds. The van der Waals surface area contributed by atoms with Gasteiger partial charge in [0.25, 0.3) is 0 Å². The summed E-state index contributed by atoms with van der Waals surface area (Å²) in [5, 5.41) is 0. The maximum absolute atomic E-state index is 10.6. The third-order valence-electron chi connectivity index (χ3n) is 2.14. The fourth-order valence-electron chi connectivity index (χ4n) is 1.25. The first-order valence-electron chi connectivity index (χ1n) is 5.07. The minimum absolute atomic E-state index is 0.642. The maximum Gasteiger partial charge on any atom is 0.166 e. The Hall–Kier alpha value is -1.13. The number of aldehydes is 1. The van der Waals surface area contributed by atoms with Gasteiger partial charge < -0.3 is 14.2 Å². The summed E-state index contributed by atoms with van der Waals surface area (Å²) in [5.41, 5.74) is 0.700. The van der Waals surface area contributed by atoms with Crippen LogP contribution >= 0.6 is 0 Å². The first-order valence-corrected chi connectivity index (χ1v) is 5.07. The van der Waals surface area contributed by atoms with Crippen LogP contribution in [0.4, 0.5) is 0 Å². The van der Waals surface area contributed by atoms with Crippen LogP contribution in [0, 0.1) is 0 Å². The van der Waals surface area contributed by atoms with E-state index in [0.717, 1.165) is 26.0 Å². The maximum atomic E-state index is 10.6. The fraction of sp³-hybridized carbons (Fsp3) is 0.545. The van der Waals surface area contributed by atoms with Gasteiger partial charge in [0, 0.05) is 19.3 Å². The Morgan fingerprint density at radius 1 is 1.47 bits per heavy atom. The van der Waals surface area contributed by atoms with Crippen molar-refractivity contribution >= 4 is 6.29 Å². The van der Waals surface area contributed by atoms with Gasteiger partial charge in [-0.05, 0) is 26.2 Å². The van der Waals surface area contributed by atoms with Crippen LogP contribution in [-0.4, -0.2) is 49.6 Å². The Morgan fingerprint density at radius 2 is 2.27 bits per heavy atom. The van der Waals surface area contributed by atoms with Gasteiger partial charge in [0.05, 0.1) is 18.9 Å². The number of rotatable bonds is 7. The average Bonchev–Trinajstić information content (AvgIpc) is 2.64. The van der Waals surface area contributed by atoms with Gasteiger partial charge >= 0.3 is 0 Å². The van der Waals surface area contributed by atoms with Gasteiger partial charge in [-0.25, -0.2) is 0 Å². The van der Waals surface area contributed by atoms with E-state index in [2.05, 4.69) is 4.90 Å². The Bertz CT molecular complexity index is 295. The van der Waals surface area contributed by atoms with E-state index in [1.165, 1.54) is 0 Å². The van der Waals surface area contributed by atoms with Crippen molar-refractivity contribution in [3.8, 4) is 0 Å². The predicted molar refractivity (Wildman–Crippen MR) is 59.2 cm³/mol. The van der Waals surface area contributed by atoms with Crippen LogP contribution in [0.25, 0.3) is 0 Å². The normalized spacial score (nSPS) is 10.9. The highest BCUT2D eigenvalue weighted by Crippen LogP contribution is 1.98. The molecule has 0 atom stereocenters. The second-order valence-corrected chi connectivity index (χ2v) is 3.66. The second-order valence-electron chi connectivity index (χ2n) is 3.66. The van der Waals surface area contributed by atoms with E-state index in [0.29, 0.717) is 12.3 Å². The van der Waals surface area contributed by atoms with Crippen LogP contribution in [0.1, 0.15) is 10.5 Å². The van der Waals surface area contributed by atoms with Gasteiger partial charge in [0.15, 0.2) is 6.29 Å². The molecule has 15 heavy (non-hydrogen) atoms. The molecule has 0 aliphatic heterocycles. The van der Waals surface area contributed by atoms with Crippen molar-refractivity contribution in [3.63, 3.8) is 0 Å². The van der Waals surface area contributed by atoms with Crippen LogP contribution < -0.4 is 0 Å². The minimum Gasteiger partial charge on any atom is -0.378 e. The number of carbonyl (C=O) groups excluding carboxylic acids is 1. The third-order valence-corrected chi connectivity index (χ3v) is 2.14. The Balaban J connectivity index is 2.17. The van der Waals surface area contributed by atoms with Crippen LogP contribution in [0.15, 0.2) is 18.3 Å². The van der Waals surface area contributed by atoms with Gasteiger partial charge in [0.1, 0.15) is 0 Å². The van der Waals surface area contributed by atoms with Crippen LogP contribution in [-0.2, 0) is 11.3 Å². The van der Waals surface area contributed by atoms with E-state index in [1.807, 2.05) is 30.9 Å². The zero-order chi connectivity index (χ0) is 11.1. The molecule has 1 aromatic heterocycles. The summed E-state index contributed by atoms with van der Waals surface area (Å²) in [7, 11) is 4.03. The average molecular weight is 210 g/mol. The fourth-order valence-corrected chi connectivity index (χ4v) is 1.25. The van der Waals surface area contributed by atoms with Gasteiger partial charge in [-0.15, -0.1) is 0 Å². The third kappa shape index (κ3) is 4.27. The van der Waals surface area contributed by atoms with Crippen LogP contribution in [0.2, 0.25) is 0 Å². The van der Waals surface area contributed by atoms with E-state index in [9.17, 15) is 4.79 Å². The molecule has 0 fully saturated rings. The highest BCUT2D eigenvalue weighted by atomic mass is 16.5. The summed E-state index contributed by atoms with van der Waals surface area (Å²) in [6, 6.07) is 3.66. The number of aromatic nitrogens is 1. The largest absolute Gasteiger partial charge is 0.378 e. The van der Waals surface area contributed by atoms with Crippen molar-refractivity contribution in [2.75, 3.05) is 33.9 Å². The molecule has 84 valence electrons. The lowest BCUT2D eigenvalue weighted by molar-refractivity contribution is 0.107. The molecule has 0 unspecified atom stereocenters. The molecule has 1 heterocycles. The number of hydrogen-bond acceptors (Lipinski definition) is 3. The van der Waals surface area contributed by atoms with Crippen molar-refractivity contribution in [2.45, 2.75) is 6.54 Å². The first-order chi connectivity index (χ1) is 7.24. The highest BCUT2D eigenvalue weighted by molar-refractivity contribution is 5.72. The molecule has 0 aliphatic carbocycles. The van der Waals surface area contributed by atoms with E-state index in [-0.39, 0.29) is 0 Å². The number of hydrogen-bond donors (Lipinski definition) is 0. The van der Waals surface area contributed by atoms with Crippen molar-refractivity contribution in [1.82, 2.24) is 9.47 Å². The molecule has 0 saturated carbocycles. The summed E-state index contributed by atoms with van der Waals surface area (Å²) in [5.74, 6) is 0. The quantitative estimate of drug-likeness (QED) is 0.495. The van der Waals surface area contributed by atoms with Crippen LogP contribution in [0.5, 0.6) is 0 Å². The summed E-state index contributed by atoms with van der Waals surface area (Å²) < 4.78 is 7.33. The molecule has 1 aromatic rings. The molecule has 4 heteroatoms. The second kappa shape index (κ2) is 6.37. The standard InChI is InChI=1S/C11H18N2O2/c1-12(2)6-8-15-9-7-13-5-3-4-11(13)10-14/h3-5,10H,6-9H2,1-2H3. The predicted octanol–water partition coefficient (Wildman–Crippen LogP) is 0.879. The molecule has 0 spiro atoms. The molecule has 1 rings (SSSR count). The topological polar surface area (TPSA) is 34.5 Å².